The van der Waals surface area contributed by atoms with E-state index in [4.69, 9.17) is 14.2 Å². The molecule has 0 aromatic carbocycles. The molecule has 4 heteroatoms. The highest BCUT2D eigenvalue weighted by Gasteiger charge is 2.45. The van der Waals surface area contributed by atoms with Gasteiger partial charge in [-0.3, -0.25) is 4.79 Å². The number of esters is 1. The van der Waals surface area contributed by atoms with Gasteiger partial charge in [0.1, 0.15) is 11.5 Å². The van der Waals surface area contributed by atoms with Crippen molar-refractivity contribution in [1.29, 1.82) is 0 Å². The first-order valence-electron chi connectivity index (χ1n) is 5.93. The molecule has 0 saturated carbocycles. The Kier molecular flexibility index (Phi) is 3.22. The van der Waals surface area contributed by atoms with E-state index in [0.717, 1.165) is 19.4 Å². The van der Waals surface area contributed by atoms with Gasteiger partial charge >= 0.3 is 5.97 Å². The van der Waals surface area contributed by atoms with Gasteiger partial charge in [-0.05, 0) is 33.6 Å². The summed E-state index contributed by atoms with van der Waals surface area (Å²) in [6, 6.07) is 0. The fourth-order valence-corrected chi connectivity index (χ4v) is 2.23. The summed E-state index contributed by atoms with van der Waals surface area (Å²) in [5, 5.41) is 0. The van der Waals surface area contributed by atoms with Gasteiger partial charge in [0.15, 0.2) is 0 Å². The third-order valence-electron chi connectivity index (χ3n) is 2.91. The zero-order valence-electron chi connectivity index (χ0n) is 10.2. The fourth-order valence-electron chi connectivity index (χ4n) is 2.23. The van der Waals surface area contributed by atoms with Crippen molar-refractivity contribution in [3.8, 4) is 0 Å². The van der Waals surface area contributed by atoms with E-state index in [1.165, 1.54) is 0 Å². The van der Waals surface area contributed by atoms with Crippen LogP contribution < -0.4 is 0 Å². The lowest BCUT2D eigenvalue weighted by molar-refractivity contribution is -0.164. The van der Waals surface area contributed by atoms with E-state index >= 15 is 0 Å². The lowest BCUT2D eigenvalue weighted by Crippen LogP contribution is -2.40. The van der Waals surface area contributed by atoms with Crippen LogP contribution in [-0.2, 0) is 19.0 Å². The number of carbonyl (C=O) groups is 1. The maximum absolute atomic E-state index is 11.9. The second-order valence-electron chi connectivity index (χ2n) is 5.49. The predicted octanol–water partition coefficient (Wildman–Crippen LogP) is 1.52. The molecule has 0 radical (unpaired) electrons. The quantitative estimate of drug-likeness (QED) is 0.638. The summed E-state index contributed by atoms with van der Waals surface area (Å²) in [7, 11) is 0. The van der Waals surface area contributed by atoms with Gasteiger partial charge in [-0.15, -0.1) is 0 Å². The summed E-state index contributed by atoms with van der Waals surface area (Å²) >= 11 is 0. The van der Waals surface area contributed by atoms with E-state index in [9.17, 15) is 4.79 Å². The van der Waals surface area contributed by atoms with E-state index in [2.05, 4.69) is 0 Å². The van der Waals surface area contributed by atoms with E-state index in [1.807, 2.05) is 20.8 Å². The summed E-state index contributed by atoms with van der Waals surface area (Å²) in [6.45, 7) is 6.79. The topological polar surface area (TPSA) is 44.8 Å². The molecule has 4 nitrogen and oxygen atoms in total. The van der Waals surface area contributed by atoms with Crippen LogP contribution in [0, 0.1) is 5.92 Å². The molecule has 2 aliphatic heterocycles. The van der Waals surface area contributed by atoms with Crippen LogP contribution in [0.4, 0.5) is 0 Å². The molecule has 92 valence electrons. The first-order chi connectivity index (χ1) is 7.47. The molecular weight excluding hydrogens is 208 g/mol. The van der Waals surface area contributed by atoms with Crippen LogP contribution in [0.1, 0.15) is 33.6 Å². The van der Waals surface area contributed by atoms with Crippen molar-refractivity contribution in [1.82, 2.24) is 0 Å². The van der Waals surface area contributed by atoms with Crippen LogP contribution in [0.25, 0.3) is 0 Å². The molecule has 0 unspecified atom stereocenters. The average Bonchev–Trinajstić information content (AvgIpc) is 2.58. The fraction of sp³-hybridized carbons (Fsp3) is 0.917. The van der Waals surface area contributed by atoms with Gasteiger partial charge in [-0.2, -0.15) is 0 Å². The van der Waals surface area contributed by atoms with E-state index in [0.29, 0.717) is 6.61 Å². The van der Waals surface area contributed by atoms with Crippen LogP contribution in [0.15, 0.2) is 0 Å². The maximum Gasteiger partial charge on any atom is 0.314 e. The molecule has 2 aliphatic rings. The highest BCUT2D eigenvalue weighted by atomic mass is 16.6. The molecule has 0 N–H and O–H groups in total. The standard InChI is InChI=1S/C12H20O4/c1-12(2,3)16-11(13)8-7-15-9-5-4-6-14-10(8)9/h8-10H,4-7H2,1-3H3/t8-,9-,10-/m0/s1. The third-order valence-corrected chi connectivity index (χ3v) is 2.91. The predicted molar refractivity (Wildman–Crippen MR) is 58.0 cm³/mol. The largest absolute Gasteiger partial charge is 0.460 e. The van der Waals surface area contributed by atoms with Crippen LogP contribution in [0.2, 0.25) is 0 Å². The Morgan fingerprint density at radius 2 is 2.06 bits per heavy atom. The Morgan fingerprint density at radius 1 is 1.31 bits per heavy atom. The Bertz CT molecular complexity index is 269. The van der Waals surface area contributed by atoms with Crippen molar-refractivity contribution in [3.05, 3.63) is 0 Å². The van der Waals surface area contributed by atoms with Crippen molar-refractivity contribution in [2.75, 3.05) is 13.2 Å². The summed E-state index contributed by atoms with van der Waals surface area (Å²) in [5.41, 5.74) is -0.441. The zero-order valence-corrected chi connectivity index (χ0v) is 10.2. The van der Waals surface area contributed by atoms with E-state index in [-0.39, 0.29) is 24.1 Å². The molecule has 2 saturated heterocycles. The van der Waals surface area contributed by atoms with Gasteiger partial charge < -0.3 is 14.2 Å². The molecule has 0 bridgehead atoms. The second-order valence-corrected chi connectivity index (χ2v) is 5.49. The molecule has 0 aromatic heterocycles. The summed E-state index contributed by atoms with van der Waals surface area (Å²) < 4.78 is 16.6. The first-order valence-corrected chi connectivity index (χ1v) is 5.93. The third kappa shape index (κ3) is 2.55. The number of rotatable bonds is 1. The van der Waals surface area contributed by atoms with Gasteiger partial charge in [0.2, 0.25) is 0 Å². The molecule has 3 atom stereocenters. The SMILES string of the molecule is CC(C)(C)OC(=O)[C@H]1CO[C@H]2CCCO[C@H]21. The zero-order chi connectivity index (χ0) is 11.8. The van der Waals surface area contributed by atoms with Crippen molar-refractivity contribution >= 4 is 5.97 Å². The smallest absolute Gasteiger partial charge is 0.314 e. The van der Waals surface area contributed by atoms with Crippen LogP contribution in [0.5, 0.6) is 0 Å². The molecular formula is C12H20O4. The Balaban J connectivity index is 1.97. The van der Waals surface area contributed by atoms with Crippen LogP contribution in [-0.4, -0.2) is 37.0 Å². The number of hydrogen-bond donors (Lipinski definition) is 0. The van der Waals surface area contributed by atoms with Gasteiger partial charge in [-0.25, -0.2) is 0 Å². The Hall–Kier alpha value is -0.610. The minimum atomic E-state index is -0.441. The van der Waals surface area contributed by atoms with Crippen molar-refractivity contribution in [2.45, 2.75) is 51.4 Å². The first kappa shape index (κ1) is 11.9. The molecule has 2 heterocycles. The highest BCUT2D eigenvalue weighted by molar-refractivity contribution is 5.74. The second kappa shape index (κ2) is 4.34. The van der Waals surface area contributed by atoms with Gasteiger partial charge in [0, 0.05) is 6.61 Å². The van der Waals surface area contributed by atoms with Crippen molar-refractivity contribution in [3.63, 3.8) is 0 Å². The normalized spacial score (nSPS) is 34.6. The molecule has 0 spiro atoms. The summed E-state index contributed by atoms with van der Waals surface area (Å²) in [5.74, 6) is -0.438. The summed E-state index contributed by atoms with van der Waals surface area (Å²) in [6.07, 6.45) is 2.00. The van der Waals surface area contributed by atoms with Crippen molar-refractivity contribution in [2.24, 2.45) is 5.92 Å². The van der Waals surface area contributed by atoms with E-state index in [1.54, 1.807) is 0 Å². The maximum atomic E-state index is 11.9. The van der Waals surface area contributed by atoms with Crippen molar-refractivity contribution < 1.29 is 19.0 Å². The molecule has 2 rings (SSSR count). The minimum absolute atomic E-state index is 0.0891. The van der Waals surface area contributed by atoms with Gasteiger partial charge in [0.05, 0.1) is 18.8 Å². The minimum Gasteiger partial charge on any atom is -0.460 e. The Labute approximate surface area is 96.2 Å². The van der Waals surface area contributed by atoms with Gasteiger partial charge in [-0.1, -0.05) is 0 Å². The molecule has 2 fully saturated rings. The Morgan fingerprint density at radius 3 is 2.75 bits per heavy atom. The molecule has 16 heavy (non-hydrogen) atoms. The summed E-state index contributed by atoms with van der Waals surface area (Å²) in [4.78, 5) is 11.9. The number of ether oxygens (including phenoxy) is 3. The lowest BCUT2D eigenvalue weighted by atomic mass is 9.97. The molecule has 0 aliphatic carbocycles. The molecule has 0 aromatic rings. The van der Waals surface area contributed by atoms with Gasteiger partial charge in [0.25, 0.3) is 0 Å². The lowest BCUT2D eigenvalue weighted by Gasteiger charge is -2.28. The molecule has 0 amide bonds. The highest BCUT2D eigenvalue weighted by Crippen LogP contribution is 2.31. The number of fused-ring (bicyclic) bond motifs is 1. The average molecular weight is 228 g/mol. The number of carbonyl (C=O) groups excluding carboxylic acids is 1. The number of hydrogen-bond acceptors (Lipinski definition) is 4. The van der Waals surface area contributed by atoms with E-state index < -0.39 is 5.60 Å². The van der Waals surface area contributed by atoms with Crippen LogP contribution >= 0.6 is 0 Å². The monoisotopic (exact) mass is 228 g/mol. The van der Waals surface area contributed by atoms with Crippen LogP contribution in [0.3, 0.4) is 0 Å².